The third-order valence-electron chi connectivity index (χ3n) is 3.25. The van der Waals surface area contributed by atoms with E-state index in [2.05, 4.69) is 10.5 Å². The number of carbonyl (C=O) groups excluding carboxylic acids is 1. The zero-order valence-corrected chi connectivity index (χ0v) is 14.7. The summed E-state index contributed by atoms with van der Waals surface area (Å²) in [6, 6.07) is 10.8. The van der Waals surface area contributed by atoms with Crippen LogP contribution in [0.5, 0.6) is 11.5 Å². The van der Waals surface area contributed by atoms with Crippen LogP contribution < -0.4 is 14.8 Å². The van der Waals surface area contributed by atoms with Gasteiger partial charge in [-0.2, -0.15) is 0 Å². The molecule has 0 saturated carbocycles. The molecule has 0 aliphatic rings. The van der Waals surface area contributed by atoms with Crippen LogP contribution in [0.15, 0.2) is 47.6 Å². The topological polar surface area (TPSA) is 69.2 Å². The molecule has 26 heavy (non-hydrogen) atoms. The highest BCUT2D eigenvalue weighted by atomic mass is 19.1. The highest BCUT2D eigenvalue weighted by molar-refractivity contribution is 5.91. The molecule has 0 aliphatic carbocycles. The summed E-state index contributed by atoms with van der Waals surface area (Å²) in [5, 5.41) is 6.33. The van der Waals surface area contributed by atoms with Gasteiger partial charge in [0.2, 0.25) is 0 Å². The minimum absolute atomic E-state index is 0.261. The lowest BCUT2D eigenvalue weighted by Gasteiger charge is -2.10. The Morgan fingerprint density at radius 1 is 1.19 bits per heavy atom. The van der Waals surface area contributed by atoms with Crippen LogP contribution in [0, 0.1) is 5.82 Å². The van der Waals surface area contributed by atoms with Crippen molar-refractivity contribution in [3.05, 3.63) is 53.8 Å². The van der Waals surface area contributed by atoms with Crippen LogP contribution in [0.4, 0.5) is 10.1 Å². The van der Waals surface area contributed by atoms with Gasteiger partial charge in [-0.25, -0.2) is 4.39 Å². The number of amides is 1. The second-order valence-electron chi connectivity index (χ2n) is 5.32. The summed E-state index contributed by atoms with van der Waals surface area (Å²) in [5.41, 5.74) is 1.22. The number of carbonyl (C=O) groups is 1. The maximum absolute atomic E-state index is 12.8. The average Bonchev–Trinajstić information content (AvgIpc) is 2.65. The van der Waals surface area contributed by atoms with Gasteiger partial charge in [0, 0.05) is 11.3 Å². The number of hydrogen-bond acceptors (Lipinski definition) is 5. The van der Waals surface area contributed by atoms with Crippen LogP contribution in [0.3, 0.4) is 0 Å². The lowest BCUT2D eigenvalue weighted by atomic mass is 10.2. The van der Waals surface area contributed by atoms with E-state index in [1.165, 1.54) is 30.5 Å². The highest BCUT2D eigenvalue weighted by Gasteiger charge is 2.05. The van der Waals surface area contributed by atoms with E-state index in [-0.39, 0.29) is 12.4 Å². The molecule has 0 bridgehead atoms. The molecule has 7 heteroatoms. The summed E-state index contributed by atoms with van der Waals surface area (Å²) in [7, 11) is 1.56. The van der Waals surface area contributed by atoms with Crippen molar-refractivity contribution in [1.82, 2.24) is 0 Å². The first-order valence-corrected chi connectivity index (χ1v) is 8.14. The van der Waals surface area contributed by atoms with Crippen molar-refractivity contribution >= 4 is 17.8 Å². The molecule has 0 spiro atoms. The number of halogens is 1. The second-order valence-corrected chi connectivity index (χ2v) is 5.32. The van der Waals surface area contributed by atoms with Gasteiger partial charge in [-0.05, 0) is 48.9 Å². The van der Waals surface area contributed by atoms with E-state index in [0.717, 1.165) is 12.0 Å². The van der Waals surface area contributed by atoms with E-state index in [0.29, 0.717) is 23.8 Å². The number of oxime groups is 1. The van der Waals surface area contributed by atoms with Gasteiger partial charge in [0.05, 0.1) is 19.9 Å². The lowest BCUT2D eigenvalue weighted by Crippen LogP contribution is -2.16. The van der Waals surface area contributed by atoms with Crippen LogP contribution in [0.2, 0.25) is 0 Å². The van der Waals surface area contributed by atoms with Crippen LogP contribution >= 0.6 is 0 Å². The molecule has 0 atom stereocenters. The first-order chi connectivity index (χ1) is 12.6. The molecule has 1 amide bonds. The van der Waals surface area contributed by atoms with Crippen LogP contribution in [0.1, 0.15) is 18.9 Å². The molecule has 0 radical (unpaired) electrons. The molecule has 2 aromatic carbocycles. The molecule has 2 aromatic rings. The first-order valence-electron chi connectivity index (χ1n) is 8.14. The summed E-state index contributed by atoms with van der Waals surface area (Å²) < 4.78 is 23.7. The standard InChI is InChI=1S/C19H21FN2O4/c1-3-10-25-17-9-4-14(11-18(17)24-2)12-21-26-13-19(23)22-16-7-5-15(20)6-8-16/h4-9,11-12H,3,10,13H2,1-2H3,(H,22,23). The second kappa shape index (κ2) is 10.0. The van der Waals surface area contributed by atoms with Crippen molar-refractivity contribution in [3.8, 4) is 11.5 Å². The molecule has 2 rings (SSSR count). The van der Waals surface area contributed by atoms with E-state index < -0.39 is 5.91 Å². The zero-order chi connectivity index (χ0) is 18.8. The van der Waals surface area contributed by atoms with E-state index in [4.69, 9.17) is 14.3 Å². The molecular weight excluding hydrogens is 339 g/mol. The van der Waals surface area contributed by atoms with Gasteiger partial charge in [-0.1, -0.05) is 12.1 Å². The van der Waals surface area contributed by atoms with Crippen LogP contribution in [-0.4, -0.2) is 32.4 Å². The Kier molecular flexibility index (Phi) is 7.42. The summed E-state index contributed by atoms with van der Waals surface area (Å²) in [4.78, 5) is 16.7. The quantitative estimate of drug-likeness (QED) is 0.548. The number of hydrogen-bond donors (Lipinski definition) is 1. The monoisotopic (exact) mass is 360 g/mol. The minimum Gasteiger partial charge on any atom is -0.493 e. The summed E-state index contributed by atoms with van der Waals surface area (Å²) in [6.07, 6.45) is 2.37. The molecule has 0 aliphatic heterocycles. The van der Waals surface area contributed by atoms with E-state index in [1.807, 2.05) is 6.92 Å². The van der Waals surface area contributed by atoms with Crippen molar-refractivity contribution in [3.63, 3.8) is 0 Å². The SMILES string of the molecule is CCCOc1ccc(C=NOCC(=O)Nc2ccc(F)cc2)cc1OC. The summed E-state index contributed by atoms with van der Waals surface area (Å²) in [6.45, 7) is 2.37. The third-order valence-corrected chi connectivity index (χ3v) is 3.25. The molecule has 1 N–H and O–H groups in total. The molecule has 0 unspecified atom stereocenters. The maximum atomic E-state index is 12.8. The van der Waals surface area contributed by atoms with Gasteiger partial charge in [0.15, 0.2) is 18.1 Å². The Balaban J connectivity index is 1.83. The molecule has 0 heterocycles. The Morgan fingerprint density at radius 3 is 2.65 bits per heavy atom. The van der Waals surface area contributed by atoms with Gasteiger partial charge in [-0.15, -0.1) is 0 Å². The van der Waals surface area contributed by atoms with Crippen molar-refractivity contribution in [2.24, 2.45) is 5.16 Å². The van der Waals surface area contributed by atoms with Crippen molar-refractivity contribution in [1.29, 1.82) is 0 Å². The summed E-state index contributed by atoms with van der Waals surface area (Å²) >= 11 is 0. The average molecular weight is 360 g/mol. The first kappa shape index (κ1) is 19.2. The van der Waals surface area contributed by atoms with Gasteiger partial charge in [-0.3, -0.25) is 4.79 Å². The molecule has 0 aromatic heterocycles. The van der Waals surface area contributed by atoms with Crippen molar-refractivity contribution in [2.75, 3.05) is 25.6 Å². The van der Waals surface area contributed by atoms with E-state index in [1.54, 1.807) is 25.3 Å². The van der Waals surface area contributed by atoms with E-state index >= 15 is 0 Å². The Morgan fingerprint density at radius 2 is 1.96 bits per heavy atom. The fraction of sp³-hybridized carbons (Fsp3) is 0.263. The van der Waals surface area contributed by atoms with E-state index in [9.17, 15) is 9.18 Å². The number of nitrogens with one attached hydrogen (secondary N) is 1. The fourth-order valence-corrected chi connectivity index (χ4v) is 2.02. The Bertz CT molecular complexity index is 748. The van der Waals surface area contributed by atoms with Gasteiger partial charge in [0.25, 0.3) is 5.91 Å². The van der Waals surface area contributed by atoms with Crippen LogP contribution in [-0.2, 0) is 9.63 Å². The van der Waals surface area contributed by atoms with Gasteiger partial charge >= 0.3 is 0 Å². The number of rotatable bonds is 9. The molecule has 138 valence electrons. The van der Waals surface area contributed by atoms with Crippen molar-refractivity contribution in [2.45, 2.75) is 13.3 Å². The molecule has 6 nitrogen and oxygen atoms in total. The zero-order valence-electron chi connectivity index (χ0n) is 14.7. The van der Waals surface area contributed by atoms with Gasteiger partial charge in [0.1, 0.15) is 5.82 Å². The maximum Gasteiger partial charge on any atom is 0.265 e. The number of nitrogens with zero attached hydrogens (tertiary/aromatic N) is 1. The summed E-state index contributed by atoms with van der Waals surface area (Å²) in [5.74, 6) is 0.489. The predicted octanol–water partition coefficient (Wildman–Crippen LogP) is 3.61. The number of benzene rings is 2. The van der Waals surface area contributed by atoms with Gasteiger partial charge < -0.3 is 19.6 Å². The van der Waals surface area contributed by atoms with Crippen molar-refractivity contribution < 1.29 is 23.5 Å². The third kappa shape index (κ3) is 6.08. The van der Waals surface area contributed by atoms with Crippen LogP contribution in [0.25, 0.3) is 0 Å². The molecule has 0 saturated heterocycles. The lowest BCUT2D eigenvalue weighted by molar-refractivity contribution is -0.120. The highest BCUT2D eigenvalue weighted by Crippen LogP contribution is 2.27. The largest absolute Gasteiger partial charge is 0.493 e. The number of ether oxygens (including phenoxy) is 2. The minimum atomic E-state index is -0.394. The normalized spacial score (nSPS) is 10.6. The fourth-order valence-electron chi connectivity index (χ4n) is 2.02. The molecule has 0 fully saturated rings. The smallest absolute Gasteiger partial charge is 0.265 e. The Hall–Kier alpha value is -3.09. The number of anilines is 1. The Labute approximate surface area is 151 Å². The molecular formula is C19H21FN2O4. The predicted molar refractivity (Wildman–Crippen MR) is 97.4 cm³/mol. The number of methoxy groups -OCH3 is 1.